The second-order valence-corrected chi connectivity index (χ2v) is 30.3. The van der Waals surface area contributed by atoms with Gasteiger partial charge in [-0.3, -0.25) is 0 Å². The molecule has 0 amide bonds. The standard InChI is InChI=1S/C82H104N2O2/c1-7-55-20-26-58(27-21-55)59-28-44-78-73(48-59)74-49-60(29-45-79(74)84(78)62-32-22-56(8-2)23-33-62)68-41-34-63(47-54(68)6)83(65-36-43-72-71-15-11-13-17-80(71)86-81(72)51-65)64-35-42-70-69-14-10-12-16-75(69)82(77(70)50-64,76-46-52(4)18-19-53(76)5)61-30-39-67(40-31-61)85-66-37-24-57(9-3)25-38-66/h7-9,20,24,30-32,34,36-37,39,43-44,48-50,52-54,56,58-59,65,67-68,71-72,74,76,79-81H,1-3,10-19,21-23,25-29,33,35,38,40-42,45-47,51H2,4-6H3. The summed E-state index contributed by atoms with van der Waals surface area (Å²) in [6.45, 7) is 20.3. The van der Waals surface area contributed by atoms with E-state index < -0.39 is 0 Å². The van der Waals surface area contributed by atoms with E-state index in [1.165, 1.54) is 140 Å². The molecule has 86 heavy (non-hydrogen) atoms. The third-order valence-electron chi connectivity index (χ3n) is 25.7. The molecular formula is C82H104N2O2. The van der Waals surface area contributed by atoms with E-state index in [0.29, 0.717) is 77.6 Å². The average molecular weight is 1150 g/mol. The fraction of sp³-hybridized carbons (Fsp3) is 0.585. The molecule has 15 rings (SSSR count). The molecule has 2 saturated carbocycles. The highest BCUT2D eigenvalue weighted by Gasteiger charge is 2.57. The summed E-state index contributed by atoms with van der Waals surface area (Å²) in [7, 11) is 0. The maximum atomic E-state index is 7.23. The van der Waals surface area contributed by atoms with Crippen LogP contribution in [0.3, 0.4) is 0 Å². The van der Waals surface area contributed by atoms with Crippen LogP contribution in [0.2, 0.25) is 0 Å². The number of allylic oxidation sites excluding steroid dienone is 25. The Morgan fingerprint density at radius 3 is 2.36 bits per heavy atom. The number of likely N-dealkylation sites (tertiary alicyclic amines) is 1. The molecule has 2 heterocycles. The highest BCUT2D eigenvalue weighted by molar-refractivity contribution is 5.67. The third kappa shape index (κ3) is 10.2. The van der Waals surface area contributed by atoms with Crippen LogP contribution < -0.4 is 0 Å². The van der Waals surface area contributed by atoms with E-state index in [0.717, 1.165) is 69.0 Å². The van der Waals surface area contributed by atoms with Crippen LogP contribution in [0.15, 0.2) is 202 Å². The molecule has 15 aliphatic rings. The zero-order chi connectivity index (χ0) is 58.2. The number of ether oxygens (including phenoxy) is 2. The highest BCUT2D eigenvalue weighted by Crippen LogP contribution is 2.67. The normalized spacial score (nSPS) is 40.1. The van der Waals surface area contributed by atoms with Gasteiger partial charge in [-0.15, -0.1) is 6.58 Å². The Morgan fingerprint density at radius 2 is 1.57 bits per heavy atom. The Morgan fingerprint density at radius 1 is 0.674 bits per heavy atom. The second kappa shape index (κ2) is 24.0. The highest BCUT2D eigenvalue weighted by atomic mass is 16.5. The molecule has 2 aliphatic heterocycles. The maximum absolute atomic E-state index is 7.23. The van der Waals surface area contributed by atoms with E-state index in [2.05, 4.69) is 148 Å². The van der Waals surface area contributed by atoms with Gasteiger partial charge in [0.25, 0.3) is 0 Å². The summed E-state index contributed by atoms with van der Waals surface area (Å²) in [4.78, 5) is 5.89. The number of hydrogen-bond acceptors (Lipinski definition) is 4. The lowest BCUT2D eigenvalue weighted by atomic mass is 9.53. The monoisotopic (exact) mass is 1150 g/mol. The first-order chi connectivity index (χ1) is 42.2. The predicted octanol–water partition coefficient (Wildman–Crippen LogP) is 20.7. The van der Waals surface area contributed by atoms with E-state index in [1.54, 1.807) is 56.2 Å². The smallest absolute Gasteiger partial charge is 0.120 e. The maximum Gasteiger partial charge on any atom is 0.120 e. The summed E-state index contributed by atoms with van der Waals surface area (Å²) in [5.74, 6) is 7.94. The Labute approximate surface area is 519 Å². The zero-order valence-electron chi connectivity index (χ0n) is 53.2. The first-order valence-electron chi connectivity index (χ1n) is 35.8. The zero-order valence-corrected chi connectivity index (χ0v) is 53.2. The Hall–Kier alpha value is -5.06. The molecule has 4 heteroatoms. The van der Waals surface area contributed by atoms with Crippen molar-refractivity contribution in [2.45, 2.75) is 231 Å². The fourth-order valence-corrected chi connectivity index (χ4v) is 21.2. The van der Waals surface area contributed by atoms with Gasteiger partial charge in [0.15, 0.2) is 0 Å². The molecule has 0 radical (unpaired) electrons. The first-order valence-corrected chi connectivity index (χ1v) is 35.8. The molecule has 0 N–H and O–H groups in total. The van der Waals surface area contributed by atoms with Gasteiger partial charge in [0.05, 0.1) is 24.0 Å². The summed E-state index contributed by atoms with van der Waals surface area (Å²) in [6, 6.07) is 0.835. The number of nitrogens with zero attached hydrogens (tertiary/aromatic N) is 2. The molecule has 17 atom stereocenters. The molecule has 0 aromatic rings. The number of fused-ring (bicyclic) bond motifs is 7. The lowest BCUT2D eigenvalue weighted by molar-refractivity contribution is 0.00532. The van der Waals surface area contributed by atoms with Crippen LogP contribution in [0.5, 0.6) is 0 Å². The van der Waals surface area contributed by atoms with Crippen molar-refractivity contribution < 1.29 is 9.47 Å². The van der Waals surface area contributed by atoms with E-state index >= 15 is 0 Å². The van der Waals surface area contributed by atoms with Crippen molar-refractivity contribution in [2.75, 3.05) is 0 Å². The lowest BCUT2D eigenvalue weighted by Gasteiger charge is -2.51. The van der Waals surface area contributed by atoms with Gasteiger partial charge in [-0.05, 0) is 246 Å². The number of hydrogen-bond donors (Lipinski definition) is 0. The molecule has 0 spiro atoms. The molecule has 0 aromatic carbocycles. The minimum absolute atomic E-state index is 0.0732. The van der Waals surface area contributed by atoms with Gasteiger partial charge < -0.3 is 19.3 Å². The van der Waals surface area contributed by atoms with Crippen molar-refractivity contribution in [1.29, 1.82) is 0 Å². The van der Waals surface area contributed by atoms with Crippen LogP contribution in [0.1, 0.15) is 201 Å². The summed E-state index contributed by atoms with van der Waals surface area (Å²) in [5.41, 5.74) is 21.1. The van der Waals surface area contributed by atoms with Gasteiger partial charge in [0, 0.05) is 58.9 Å². The third-order valence-corrected chi connectivity index (χ3v) is 25.7. The van der Waals surface area contributed by atoms with Gasteiger partial charge in [0.1, 0.15) is 6.10 Å². The van der Waals surface area contributed by atoms with Crippen molar-refractivity contribution in [3.05, 3.63) is 202 Å². The van der Waals surface area contributed by atoms with E-state index in [9.17, 15) is 0 Å². The summed E-state index contributed by atoms with van der Waals surface area (Å²) < 4.78 is 14.1. The Balaban J connectivity index is 0.782. The molecule has 0 aromatic heterocycles. The van der Waals surface area contributed by atoms with Crippen LogP contribution >= 0.6 is 0 Å². The van der Waals surface area contributed by atoms with E-state index in [-0.39, 0.29) is 11.5 Å². The summed E-state index contributed by atoms with van der Waals surface area (Å²) in [5, 5.41) is 0. The summed E-state index contributed by atoms with van der Waals surface area (Å²) >= 11 is 0. The minimum Gasteiger partial charge on any atom is -0.490 e. The van der Waals surface area contributed by atoms with Crippen molar-refractivity contribution in [3.63, 3.8) is 0 Å². The lowest BCUT2D eigenvalue weighted by Crippen LogP contribution is -2.43. The van der Waals surface area contributed by atoms with Gasteiger partial charge >= 0.3 is 0 Å². The second-order valence-electron chi connectivity index (χ2n) is 30.3. The quantitative estimate of drug-likeness (QED) is 0.172. The van der Waals surface area contributed by atoms with E-state index in [4.69, 9.17) is 9.47 Å². The Bertz CT molecular complexity index is 3200. The topological polar surface area (TPSA) is 24.9 Å². The molecule has 4 fully saturated rings. The molecule has 2 saturated heterocycles. The molecule has 4 nitrogen and oxygen atoms in total. The Kier molecular flexibility index (Phi) is 16.0. The molecular weight excluding hydrogens is 1040 g/mol. The van der Waals surface area contributed by atoms with Crippen molar-refractivity contribution >= 4 is 0 Å². The van der Waals surface area contributed by atoms with Gasteiger partial charge in [-0.1, -0.05) is 161 Å². The van der Waals surface area contributed by atoms with Crippen LogP contribution in [-0.4, -0.2) is 40.2 Å². The van der Waals surface area contributed by atoms with Gasteiger partial charge in [0.2, 0.25) is 0 Å². The number of rotatable bonds is 13. The van der Waals surface area contributed by atoms with Gasteiger partial charge in [-0.25, -0.2) is 0 Å². The van der Waals surface area contributed by atoms with Crippen LogP contribution in [0, 0.1) is 70.5 Å². The van der Waals surface area contributed by atoms with Crippen LogP contribution in [0.25, 0.3) is 0 Å². The van der Waals surface area contributed by atoms with Crippen molar-refractivity contribution in [1.82, 2.24) is 9.80 Å². The molecule has 17 unspecified atom stereocenters. The fourth-order valence-electron chi connectivity index (χ4n) is 21.2. The molecule has 13 aliphatic carbocycles. The first kappa shape index (κ1) is 57.4. The van der Waals surface area contributed by atoms with Gasteiger partial charge in [-0.2, -0.15) is 0 Å². The minimum atomic E-state index is -0.0885. The van der Waals surface area contributed by atoms with Crippen molar-refractivity contribution in [3.8, 4) is 0 Å². The molecule has 454 valence electrons. The SMILES string of the molecule is C=CC1=CC=C(OC2C=CC(C3(C4CC(C)CCC4C)C4=C(CCC(N(C5=CCC(C6=CC7C8=CC(C9CC=C(C=C)CC9)CC=C8N(C8=CCC(C=C)CC8)C7CC6)C(C)C5)C5C=CC6C(C5)OC5CCCCC56)=C4)C4=C3CCCC4)=CC2)CC1. The predicted molar refractivity (Wildman–Crippen MR) is 356 cm³/mol. The largest absolute Gasteiger partial charge is 0.490 e. The average Bonchev–Trinajstić information content (AvgIpc) is 1.56. The summed E-state index contributed by atoms with van der Waals surface area (Å²) in [6.07, 6.45) is 77.8. The molecule has 0 bridgehead atoms. The van der Waals surface area contributed by atoms with Crippen LogP contribution in [0.4, 0.5) is 0 Å². The van der Waals surface area contributed by atoms with E-state index in [1.807, 2.05) is 11.6 Å². The van der Waals surface area contributed by atoms with Crippen LogP contribution in [-0.2, 0) is 9.47 Å². The van der Waals surface area contributed by atoms with Crippen molar-refractivity contribution in [2.24, 2.45) is 70.5 Å².